The Morgan fingerprint density at radius 1 is 0.962 bits per heavy atom. The molecule has 0 fully saturated rings. The summed E-state index contributed by atoms with van der Waals surface area (Å²) >= 11 is 3.36. The van der Waals surface area contributed by atoms with E-state index >= 15 is 0 Å². The van der Waals surface area contributed by atoms with Gasteiger partial charge in [-0.1, -0.05) is 72.4 Å². The first-order chi connectivity index (χ1) is 12.8. The first-order valence-corrected chi connectivity index (χ1v) is 10.2. The summed E-state index contributed by atoms with van der Waals surface area (Å²) in [5, 5.41) is 12.7. The third-order valence-corrected chi connectivity index (χ3v) is 5.95. The van der Waals surface area contributed by atoms with Gasteiger partial charge in [-0.15, -0.1) is 21.5 Å². The average molecular weight is 379 g/mol. The molecule has 0 spiro atoms. The molecule has 0 aliphatic heterocycles. The number of rotatable bonds is 6. The molecular formula is C20H18N4S2. The van der Waals surface area contributed by atoms with Gasteiger partial charge in [0.1, 0.15) is 10.8 Å². The lowest BCUT2D eigenvalue weighted by Crippen LogP contribution is -2.03. The van der Waals surface area contributed by atoms with Gasteiger partial charge < -0.3 is 4.57 Å². The molecule has 4 rings (SSSR count). The highest BCUT2D eigenvalue weighted by atomic mass is 32.2. The van der Waals surface area contributed by atoms with Gasteiger partial charge in [0.15, 0.2) is 5.16 Å². The summed E-state index contributed by atoms with van der Waals surface area (Å²) in [6.45, 7) is 2.78. The Morgan fingerprint density at radius 3 is 2.46 bits per heavy atom. The number of hydrogen-bond acceptors (Lipinski definition) is 5. The van der Waals surface area contributed by atoms with Crippen molar-refractivity contribution in [2.45, 2.75) is 24.4 Å². The molecule has 0 N–H and O–H groups in total. The van der Waals surface area contributed by atoms with E-state index in [1.807, 2.05) is 31.2 Å². The predicted molar refractivity (Wildman–Crippen MR) is 107 cm³/mol. The molecule has 6 heteroatoms. The summed E-state index contributed by atoms with van der Waals surface area (Å²) < 4.78 is 2.16. The highest BCUT2D eigenvalue weighted by molar-refractivity contribution is 7.98. The number of aromatic nitrogens is 4. The van der Waals surface area contributed by atoms with Crippen LogP contribution in [0.25, 0.3) is 10.6 Å². The molecule has 0 radical (unpaired) electrons. The van der Waals surface area contributed by atoms with E-state index in [0.29, 0.717) is 0 Å². The molecule has 0 amide bonds. The smallest absolute Gasteiger partial charge is 0.191 e. The van der Waals surface area contributed by atoms with Crippen molar-refractivity contribution in [3.63, 3.8) is 0 Å². The van der Waals surface area contributed by atoms with Crippen LogP contribution in [0.2, 0.25) is 0 Å². The molecule has 0 bridgehead atoms. The fourth-order valence-corrected chi connectivity index (χ4v) is 4.45. The van der Waals surface area contributed by atoms with Crippen LogP contribution in [0.15, 0.2) is 71.2 Å². The van der Waals surface area contributed by atoms with Crippen molar-refractivity contribution < 1.29 is 0 Å². The first kappa shape index (κ1) is 17.0. The van der Waals surface area contributed by atoms with Gasteiger partial charge in [0, 0.05) is 16.7 Å². The molecule has 0 saturated heterocycles. The van der Waals surface area contributed by atoms with Gasteiger partial charge >= 0.3 is 0 Å². The second-order valence-corrected chi connectivity index (χ2v) is 7.70. The highest BCUT2D eigenvalue weighted by Crippen LogP contribution is 2.27. The largest absolute Gasteiger partial charge is 0.302 e. The van der Waals surface area contributed by atoms with Crippen LogP contribution < -0.4 is 0 Å². The Kier molecular flexibility index (Phi) is 5.13. The topological polar surface area (TPSA) is 43.6 Å². The molecule has 0 aliphatic rings. The number of thioether (sulfide) groups is 1. The average Bonchev–Trinajstić information content (AvgIpc) is 3.29. The number of benzene rings is 2. The van der Waals surface area contributed by atoms with E-state index in [1.165, 1.54) is 5.56 Å². The summed E-state index contributed by atoms with van der Waals surface area (Å²) in [4.78, 5) is 4.76. The Balaban J connectivity index is 1.47. The van der Waals surface area contributed by atoms with Crippen molar-refractivity contribution in [3.8, 4) is 10.6 Å². The second-order valence-electron chi connectivity index (χ2n) is 5.90. The van der Waals surface area contributed by atoms with E-state index in [0.717, 1.165) is 39.5 Å². The molecule has 2 aromatic carbocycles. The van der Waals surface area contributed by atoms with Crippen LogP contribution in [0.4, 0.5) is 0 Å². The summed E-state index contributed by atoms with van der Waals surface area (Å²) in [5.74, 6) is 1.72. The quantitative estimate of drug-likeness (QED) is 0.440. The van der Waals surface area contributed by atoms with Crippen LogP contribution in [0.1, 0.15) is 17.1 Å². The predicted octanol–water partition coefficient (Wildman–Crippen LogP) is 5.05. The fraction of sp³-hybridized carbons (Fsp3) is 0.150. The molecule has 2 aromatic heterocycles. The lowest BCUT2D eigenvalue weighted by molar-refractivity contribution is 0.688. The van der Waals surface area contributed by atoms with Crippen LogP contribution in [-0.4, -0.2) is 19.7 Å². The van der Waals surface area contributed by atoms with Crippen LogP contribution in [0.5, 0.6) is 0 Å². The highest BCUT2D eigenvalue weighted by Gasteiger charge is 2.12. The minimum atomic E-state index is 0.786. The minimum absolute atomic E-state index is 0.786. The van der Waals surface area contributed by atoms with Crippen LogP contribution in [-0.2, 0) is 12.3 Å². The van der Waals surface area contributed by atoms with E-state index in [-0.39, 0.29) is 0 Å². The SMILES string of the molecule is Cc1nnc(SCc2csc(-c3ccccc3)n2)n1Cc1ccccc1. The van der Waals surface area contributed by atoms with Crippen molar-refractivity contribution in [1.29, 1.82) is 0 Å². The van der Waals surface area contributed by atoms with E-state index in [4.69, 9.17) is 4.98 Å². The zero-order chi connectivity index (χ0) is 17.8. The zero-order valence-corrected chi connectivity index (χ0v) is 16.0. The molecule has 4 aromatic rings. The summed E-state index contributed by atoms with van der Waals surface area (Å²) in [7, 11) is 0. The second kappa shape index (κ2) is 7.85. The molecular weight excluding hydrogens is 360 g/mol. The van der Waals surface area contributed by atoms with Gasteiger partial charge in [-0.25, -0.2) is 4.98 Å². The normalized spacial score (nSPS) is 11.0. The van der Waals surface area contributed by atoms with Gasteiger partial charge in [0.05, 0.1) is 12.2 Å². The lowest BCUT2D eigenvalue weighted by atomic mass is 10.2. The maximum Gasteiger partial charge on any atom is 0.191 e. The van der Waals surface area contributed by atoms with Crippen LogP contribution in [0, 0.1) is 6.92 Å². The van der Waals surface area contributed by atoms with Gasteiger partial charge in [0.25, 0.3) is 0 Å². The Labute approximate surface area is 161 Å². The monoisotopic (exact) mass is 378 g/mol. The van der Waals surface area contributed by atoms with Gasteiger partial charge in [-0.3, -0.25) is 0 Å². The molecule has 0 unspecified atom stereocenters. The third-order valence-electron chi connectivity index (χ3n) is 4.01. The van der Waals surface area contributed by atoms with Gasteiger partial charge in [0.2, 0.25) is 0 Å². The lowest BCUT2D eigenvalue weighted by Gasteiger charge is -2.08. The van der Waals surface area contributed by atoms with Gasteiger partial charge in [-0.2, -0.15) is 0 Å². The molecule has 0 aliphatic carbocycles. The van der Waals surface area contributed by atoms with E-state index in [1.54, 1.807) is 23.1 Å². The van der Waals surface area contributed by atoms with Crippen LogP contribution in [0.3, 0.4) is 0 Å². The van der Waals surface area contributed by atoms with Crippen molar-refractivity contribution in [3.05, 3.63) is 83.1 Å². The molecule has 26 heavy (non-hydrogen) atoms. The molecule has 2 heterocycles. The number of hydrogen-bond donors (Lipinski definition) is 0. The van der Waals surface area contributed by atoms with Crippen molar-refractivity contribution in [1.82, 2.24) is 19.7 Å². The molecule has 0 atom stereocenters. The van der Waals surface area contributed by atoms with Crippen LogP contribution >= 0.6 is 23.1 Å². The first-order valence-electron chi connectivity index (χ1n) is 8.36. The van der Waals surface area contributed by atoms with Crippen molar-refractivity contribution >= 4 is 23.1 Å². The van der Waals surface area contributed by atoms with E-state index < -0.39 is 0 Å². The Morgan fingerprint density at radius 2 is 1.69 bits per heavy atom. The maximum absolute atomic E-state index is 4.76. The molecule has 0 saturated carbocycles. The third kappa shape index (κ3) is 3.86. The Bertz CT molecular complexity index is 977. The maximum atomic E-state index is 4.76. The fourth-order valence-electron chi connectivity index (χ4n) is 2.64. The summed E-state index contributed by atoms with van der Waals surface area (Å²) in [6.07, 6.45) is 0. The number of nitrogens with zero attached hydrogens (tertiary/aromatic N) is 4. The van der Waals surface area contributed by atoms with E-state index in [2.05, 4.69) is 56.5 Å². The summed E-state index contributed by atoms with van der Waals surface area (Å²) in [6, 6.07) is 20.7. The number of thiazole rings is 1. The van der Waals surface area contributed by atoms with E-state index in [9.17, 15) is 0 Å². The number of aryl methyl sites for hydroxylation is 1. The standard InChI is InChI=1S/C20H18N4S2/c1-15-22-23-20(24(15)12-16-8-4-2-5-9-16)26-14-18-13-25-19(21-18)17-10-6-3-7-11-17/h2-11,13H,12,14H2,1H3. The van der Waals surface area contributed by atoms with Crippen molar-refractivity contribution in [2.24, 2.45) is 0 Å². The molecule has 130 valence electrons. The summed E-state index contributed by atoms with van der Waals surface area (Å²) in [5.41, 5.74) is 3.49. The van der Waals surface area contributed by atoms with Gasteiger partial charge in [-0.05, 0) is 12.5 Å². The minimum Gasteiger partial charge on any atom is -0.302 e. The zero-order valence-electron chi connectivity index (χ0n) is 14.4. The van der Waals surface area contributed by atoms with Crippen molar-refractivity contribution in [2.75, 3.05) is 0 Å². The molecule has 4 nitrogen and oxygen atoms in total. The Hall–Kier alpha value is -2.44.